The highest BCUT2D eigenvalue weighted by molar-refractivity contribution is 6.03. The van der Waals surface area contributed by atoms with Crippen LogP contribution in [0.2, 0.25) is 0 Å². The number of aryl methyl sites for hydroxylation is 2. The molecule has 0 bridgehead atoms. The van der Waals surface area contributed by atoms with Gasteiger partial charge in [-0.3, -0.25) is 19.4 Å². The summed E-state index contributed by atoms with van der Waals surface area (Å²) in [6.45, 7) is 2.06. The molecule has 2 amide bonds. The van der Waals surface area contributed by atoms with Gasteiger partial charge in [-0.2, -0.15) is 9.78 Å². The van der Waals surface area contributed by atoms with E-state index in [-0.39, 0.29) is 36.3 Å². The maximum atomic E-state index is 13.1. The zero-order chi connectivity index (χ0) is 23.1. The number of amides is 2. The highest BCUT2D eigenvalue weighted by atomic mass is 16.5. The van der Waals surface area contributed by atoms with Crippen LogP contribution in [0.4, 0.5) is 11.5 Å². The Bertz CT molecular complexity index is 1310. The number of nitrogens with zero attached hydrogens (tertiary/aromatic N) is 4. The summed E-state index contributed by atoms with van der Waals surface area (Å²) >= 11 is 0. The first-order valence-electron chi connectivity index (χ1n) is 10.9. The maximum absolute atomic E-state index is 13.1. The van der Waals surface area contributed by atoms with Crippen LogP contribution < -0.4 is 20.5 Å². The molecule has 1 aliphatic heterocycles. The molecule has 1 saturated heterocycles. The third-order valence-electron chi connectivity index (χ3n) is 6.07. The fourth-order valence-corrected chi connectivity index (χ4v) is 4.42. The normalized spacial score (nSPS) is 17.3. The van der Waals surface area contributed by atoms with Crippen LogP contribution in [0.15, 0.2) is 35.1 Å². The summed E-state index contributed by atoms with van der Waals surface area (Å²) in [4.78, 5) is 47.0. The second-order valence-electron chi connectivity index (χ2n) is 8.35. The molecular formula is C23H24N6O4. The van der Waals surface area contributed by atoms with E-state index < -0.39 is 5.92 Å². The molecule has 3 aromatic rings. The Morgan fingerprint density at radius 3 is 2.91 bits per heavy atom. The molecule has 0 radical (unpaired) electrons. The first kappa shape index (κ1) is 20.9. The van der Waals surface area contributed by atoms with E-state index in [1.165, 1.54) is 4.68 Å². The quantitative estimate of drug-likeness (QED) is 0.613. The van der Waals surface area contributed by atoms with E-state index >= 15 is 0 Å². The van der Waals surface area contributed by atoms with Gasteiger partial charge in [0.2, 0.25) is 17.8 Å². The van der Waals surface area contributed by atoms with Crippen molar-refractivity contribution in [2.75, 3.05) is 23.9 Å². The molecule has 1 fully saturated rings. The summed E-state index contributed by atoms with van der Waals surface area (Å²) < 4.78 is 6.67. The molecule has 0 unspecified atom stereocenters. The average molecular weight is 448 g/mol. The summed E-state index contributed by atoms with van der Waals surface area (Å²) in [7, 11) is 1.56. The van der Waals surface area contributed by atoms with Gasteiger partial charge in [0.25, 0.3) is 5.56 Å². The number of hydrogen-bond donors (Lipinski definition) is 2. The second kappa shape index (κ2) is 8.19. The minimum absolute atomic E-state index is 0.101. The minimum Gasteiger partial charge on any atom is -0.497 e. The molecule has 1 aromatic carbocycles. The molecule has 2 aliphatic rings. The van der Waals surface area contributed by atoms with Crippen LogP contribution in [0.1, 0.15) is 29.8 Å². The van der Waals surface area contributed by atoms with Crippen molar-refractivity contribution in [3.63, 3.8) is 0 Å². The fraction of sp³-hybridized carbons (Fsp3) is 0.348. The SMILES string of the molecule is COc1cccc(N2C[C@@H](C(=O)Nc3cc(C)nn3-c3nc4c(c(=O)[nH]3)CCC4)CC2=O)c1. The number of carbonyl (C=O) groups is 2. The lowest BCUT2D eigenvalue weighted by Gasteiger charge is -2.17. The maximum Gasteiger partial charge on any atom is 0.255 e. The smallest absolute Gasteiger partial charge is 0.255 e. The number of hydrogen-bond acceptors (Lipinski definition) is 6. The number of aromatic amines is 1. The largest absolute Gasteiger partial charge is 0.497 e. The van der Waals surface area contributed by atoms with Gasteiger partial charge in [-0.25, -0.2) is 4.98 Å². The van der Waals surface area contributed by atoms with Crippen molar-refractivity contribution in [1.82, 2.24) is 19.7 Å². The second-order valence-corrected chi connectivity index (χ2v) is 8.35. The lowest BCUT2D eigenvalue weighted by Crippen LogP contribution is -2.29. The summed E-state index contributed by atoms with van der Waals surface area (Å²) in [5.41, 5.74) is 2.67. The average Bonchev–Trinajstić information content (AvgIpc) is 3.52. The lowest BCUT2D eigenvalue weighted by atomic mass is 10.1. The van der Waals surface area contributed by atoms with E-state index in [1.54, 1.807) is 43.2 Å². The zero-order valence-corrected chi connectivity index (χ0v) is 18.4. The highest BCUT2D eigenvalue weighted by Crippen LogP contribution is 2.29. The number of anilines is 2. The van der Waals surface area contributed by atoms with Gasteiger partial charge in [-0.1, -0.05) is 6.07 Å². The molecular weight excluding hydrogens is 424 g/mol. The van der Waals surface area contributed by atoms with Gasteiger partial charge >= 0.3 is 0 Å². The number of fused-ring (bicyclic) bond motifs is 1. The van der Waals surface area contributed by atoms with Gasteiger partial charge in [-0.15, -0.1) is 0 Å². The molecule has 33 heavy (non-hydrogen) atoms. The molecule has 2 N–H and O–H groups in total. The third-order valence-corrected chi connectivity index (χ3v) is 6.07. The topological polar surface area (TPSA) is 122 Å². The van der Waals surface area contributed by atoms with Gasteiger partial charge in [-0.05, 0) is 38.3 Å². The van der Waals surface area contributed by atoms with E-state index in [0.29, 0.717) is 22.9 Å². The fourth-order valence-electron chi connectivity index (χ4n) is 4.42. The van der Waals surface area contributed by atoms with Crippen molar-refractivity contribution in [3.05, 3.63) is 57.6 Å². The number of carbonyl (C=O) groups excluding carboxylic acids is 2. The molecule has 3 heterocycles. The van der Waals surface area contributed by atoms with Crippen LogP contribution in [0.3, 0.4) is 0 Å². The Kier molecular flexibility index (Phi) is 5.20. The van der Waals surface area contributed by atoms with Crippen molar-refractivity contribution < 1.29 is 14.3 Å². The van der Waals surface area contributed by atoms with E-state index in [1.807, 2.05) is 6.07 Å². The number of aromatic nitrogens is 4. The van der Waals surface area contributed by atoms with Crippen LogP contribution in [-0.2, 0) is 22.4 Å². The Morgan fingerprint density at radius 1 is 1.24 bits per heavy atom. The van der Waals surface area contributed by atoms with Gasteiger partial charge in [0, 0.05) is 36.3 Å². The monoisotopic (exact) mass is 448 g/mol. The predicted octanol–water partition coefficient (Wildman–Crippen LogP) is 1.75. The van der Waals surface area contributed by atoms with Crippen LogP contribution in [0, 0.1) is 12.8 Å². The molecule has 2 aromatic heterocycles. The first-order chi connectivity index (χ1) is 15.9. The van der Waals surface area contributed by atoms with E-state index in [9.17, 15) is 14.4 Å². The number of benzene rings is 1. The lowest BCUT2D eigenvalue weighted by molar-refractivity contribution is -0.122. The highest BCUT2D eigenvalue weighted by Gasteiger charge is 2.36. The van der Waals surface area contributed by atoms with Gasteiger partial charge in [0.05, 0.1) is 24.4 Å². The Morgan fingerprint density at radius 2 is 2.09 bits per heavy atom. The molecule has 170 valence electrons. The number of rotatable bonds is 5. The number of methoxy groups -OCH3 is 1. The third kappa shape index (κ3) is 3.88. The van der Waals surface area contributed by atoms with Crippen molar-refractivity contribution in [1.29, 1.82) is 0 Å². The summed E-state index contributed by atoms with van der Waals surface area (Å²) in [6.07, 6.45) is 2.47. The molecule has 10 nitrogen and oxygen atoms in total. The van der Waals surface area contributed by atoms with Crippen LogP contribution in [0.5, 0.6) is 5.75 Å². The molecule has 0 saturated carbocycles. The Hall–Kier alpha value is -3.95. The van der Waals surface area contributed by atoms with Gasteiger partial charge < -0.3 is 15.0 Å². The Labute approximate surface area is 189 Å². The van der Waals surface area contributed by atoms with Gasteiger partial charge in [0.15, 0.2) is 0 Å². The van der Waals surface area contributed by atoms with Crippen molar-refractivity contribution >= 4 is 23.3 Å². The summed E-state index contributed by atoms with van der Waals surface area (Å²) in [6, 6.07) is 8.90. The molecule has 1 aliphatic carbocycles. The van der Waals surface area contributed by atoms with Gasteiger partial charge in [0.1, 0.15) is 11.6 Å². The van der Waals surface area contributed by atoms with Crippen molar-refractivity contribution in [3.8, 4) is 11.7 Å². The predicted molar refractivity (Wildman–Crippen MR) is 121 cm³/mol. The van der Waals surface area contributed by atoms with Crippen LogP contribution in [0.25, 0.3) is 5.95 Å². The molecule has 1 atom stereocenters. The molecule has 5 rings (SSSR count). The standard InChI is InChI=1S/C23H24N6O4/c1-13-9-19(29(27-13)23-24-18-8-4-7-17(18)22(32)26-23)25-21(31)14-10-20(30)28(12-14)15-5-3-6-16(11-15)33-2/h3,5-6,9,11,14H,4,7-8,10,12H2,1-2H3,(H,25,31)(H,24,26,32)/t14-/m0/s1. The number of ether oxygens (including phenoxy) is 1. The Balaban J connectivity index is 1.37. The van der Waals surface area contributed by atoms with Crippen molar-refractivity contribution in [2.24, 2.45) is 5.92 Å². The number of H-pyrrole nitrogens is 1. The van der Waals surface area contributed by atoms with E-state index in [4.69, 9.17) is 4.74 Å². The number of nitrogens with one attached hydrogen (secondary N) is 2. The van der Waals surface area contributed by atoms with E-state index in [0.717, 1.165) is 30.5 Å². The van der Waals surface area contributed by atoms with Crippen molar-refractivity contribution in [2.45, 2.75) is 32.6 Å². The molecule has 10 heteroatoms. The summed E-state index contributed by atoms with van der Waals surface area (Å²) in [5, 5.41) is 7.27. The van der Waals surface area contributed by atoms with E-state index in [2.05, 4.69) is 20.4 Å². The first-order valence-corrected chi connectivity index (χ1v) is 10.9. The minimum atomic E-state index is -0.528. The van der Waals surface area contributed by atoms with Crippen LogP contribution >= 0.6 is 0 Å². The zero-order valence-electron chi connectivity index (χ0n) is 18.4. The molecule has 0 spiro atoms. The van der Waals surface area contributed by atoms with Crippen LogP contribution in [-0.4, -0.2) is 45.2 Å². The summed E-state index contributed by atoms with van der Waals surface area (Å²) in [5.74, 6) is 0.356.